The summed E-state index contributed by atoms with van der Waals surface area (Å²) < 4.78 is 5.44. The van der Waals surface area contributed by atoms with E-state index in [0.29, 0.717) is 19.7 Å². The van der Waals surface area contributed by atoms with Crippen molar-refractivity contribution in [3.63, 3.8) is 0 Å². The lowest BCUT2D eigenvalue weighted by molar-refractivity contribution is -0.136. The van der Waals surface area contributed by atoms with Crippen molar-refractivity contribution < 1.29 is 23.9 Å². The maximum atomic E-state index is 12.9. The van der Waals surface area contributed by atoms with Gasteiger partial charge in [-0.2, -0.15) is 0 Å². The van der Waals surface area contributed by atoms with Gasteiger partial charge in [0, 0.05) is 25.2 Å². The number of benzene rings is 2. The van der Waals surface area contributed by atoms with Crippen molar-refractivity contribution in [2.75, 3.05) is 18.5 Å². The molecule has 0 saturated carbocycles. The summed E-state index contributed by atoms with van der Waals surface area (Å²) in [6, 6.07) is 11.5. The number of hydrogen-bond donors (Lipinski definition) is 3. The second-order valence-corrected chi connectivity index (χ2v) is 7.34. The number of carbonyl (C=O) groups excluding carboxylic acids is 4. The second-order valence-electron chi connectivity index (χ2n) is 7.34. The molecule has 4 N–H and O–H groups in total. The summed E-state index contributed by atoms with van der Waals surface area (Å²) in [5.74, 6) is -1.32. The Morgan fingerprint density at radius 1 is 1.03 bits per heavy atom. The fraction of sp³-hybridized carbons (Fsp3) is 0.273. The molecule has 0 aliphatic carbocycles. The first-order valence-electron chi connectivity index (χ1n) is 9.99. The number of nitrogens with two attached hydrogens (primary N) is 1. The second kappa shape index (κ2) is 8.57. The molecule has 9 nitrogen and oxygen atoms in total. The van der Waals surface area contributed by atoms with E-state index in [0.717, 1.165) is 21.9 Å². The fourth-order valence-electron chi connectivity index (χ4n) is 3.68. The van der Waals surface area contributed by atoms with E-state index >= 15 is 0 Å². The molecule has 2 aromatic rings. The van der Waals surface area contributed by atoms with Gasteiger partial charge in [0.15, 0.2) is 0 Å². The molecule has 0 radical (unpaired) electrons. The average molecular weight is 422 g/mol. The fourth-order valence-corrected chi connectivity index (χ4v) is 3.68. The van der Waals surface area contributed by atoms with Gasteiger partial charge in [0.1, 0.15) is 18.4 Å². The van der Waals surface area contributed by atoms with Crippen LogP contribution in [0.2, 0.25) is 0 Å². The number of ether oxygens (including phenoxy) is 1. The van der Waals surface area contributed by atoms with E-state index in [4.69, 9.17) is 10.5 Å². The minimum absolute atomic E-state index is 0.0923. The van der Waals surface area contributed by atoms with Crippen molar-refractivity contribution in [3.05, 3.63) is 59.2 Å². The van der Waals surface area contributed by atoms with E-state index < -0.39 is 29.7 Å². The van der Waals surface area contributed by atoms with Gasteiger partial charge in [-0.3, -0.25) is 29.4 Å². The van der Waals surface area contributed by atoms with Crippen molar-refractivity contribution in [1.29, 1.82) is 0 Å². The molecular formula is C22H22N4O5. The van der Waals surface area contributed by atoms with Crippen molar-refractivity contribution in [3.8, 4) is 5.75 Å². The molecule has 2 aliphatic rings. The first kappa shape index (κ1) is 20.5. The molecular weight excluding hydrogens is 400 g/mol. The number of imide groups is 2. The van der Waals surface area contributed by atoms with Crippen LogP contribution in [0.25, 0.3) is 0 Å². The van der Waals surface area contributed by atoms with E-state index in [2.05, 4.69) is 10.6 Å². The Labute approximate surface area is 178 Å². The van der Waals surface area contributed by atoms with Crippen LogP contribution in [-0.4, -0.2) is 47.7 Å². The minimum atomic E-state index is -0.966. The molecule has 1 atom stereocenters. The van der Waals surface area contributed by atoms with Gasteiger partial charge in [0.25, 0.3) is 11.8 Å². The van der Waals surface area contributed by atoms with E-state index in [1.807, 2.05) is 24.3 Å². The summed E-state index contributed by atoms with van der Waals surface area (Å²) in [4.78, 5) is 50.1. The van der Waals surface area contributed by atoms with Crippen LogP contribution in [0, 0.1) is 0 Å². The zero-order valence-corrected chi connectivity index (χ0v) is 16.7. The summed E-state index contributed by atoms with van der Waals surface area (Å²) in [7, 11) is 0. The number of rotatable bonds is 7. The van der Waals surface area contributed by atoms with Crippen molar-refractivity contribution in [2.45, 2.75) is 25.4 Å². The summed E-state index contributed by atoms with van der Waals surface area (Å²) in [5, 5.41) is 5.45. The van der Waals surface area contributed by atoms with Crippen LogP contribution in [0.5, 0.6) is 5.75 Å². The van der Waals surface area contributed by atoms with E-state index in [-0.39, 0.29) is 24.0 Å². The summed E-state index contributed by atoms with van der Waals surface area (Å²) >= 11 is 0. The molecule has 2 heterocycles. The monoisotopic (exact) mass is 422 g/mol. The van der Waals surface area contributed by atoms with Gasteiger partial charge in [-0.15, -0.1) is 0 Å². The number of anilines is 1. The number of piperidine rings is 1. The molecule has 0 spiro atoms. The van der Waals surface area contributed by atoms with E-state index in [1.165, 1.54) is 0 Å². The molecule has 0 aromatic heterocycles. The number of carbonyl (C=O) groups is 4. The molecule has 2 aliphatic heterocycles. The number of fused-ring (bicyclic) bond motifs is 1. The zero-order valence-electron chi connectivity index (χ0n) is 16.7. The van der Waals surface area contributed by atoms with Crippen LogP contribution < -0.4 is 21.1 Å². The lowest BCUT2D eigenvalue weighted by atomic mass is 10.0. The number of amides is 4. The molecule has 4 rings (SSSR count). The molecule has 4 amide bonds. The van der Waals surface area contributed by atoms with E-state index in [1.54, 1.807) is 18.2 Å². The Balaban J connectivity index is 1.44. The molecule has 160 valence electrons. The lowest BCUT2D eigenvalue weighted by Crippen LogP contribution is -2.54. The standard InChI is InChI=1S/C22H22N4O5/c23-9-10-31-15-4-2-14(3-5-15)24-12-13-1-6-16-17(11-13)22(30)26(21(16)29)18-7-8-19(27)25-20(18)28/h1-6,11,18,24H,7-10,12,23H2,(H,25,27,28). The number of nitrogens with zero attached hydrogens (tertiary/aromatic N) is 1. The first-order chi connectivity index (χ1) is 15.0. The lowest BCUT2D eigenvalue weighted by Gasteiger charge is -2.27. The Morgan fingerprint density at radius 3 is 2.48 bits per heavy atom. The smallest absolute Gasteiger partial charge is 0.262 e. The highest BCUT2D eigenvalue weighted by atomic mass is 16.5. The maximum absolute atomic E-state index is 12.9. The van der Waals surface area contributed by atoms with Crippen LogP contribution >= 0.6 is 0 Å². The summed E-state index contributed by atoms with van der Waals surface area (Å²) in [5.41, 5.74) is 7.63. The van der Waals surface area contributed by atoms with Crippen LogP contribution in [0.15, 0.2) is 42.5 Å². The van der Waals surface area contributed by atoms with Crippen LogP contribution in [-0.2, 0) is 16.1 Å². The predicted octanol–water partition coefficient (Wildman–Crippen LogP) is 1.04. The zero-order chi connectivity index (χ0) is 22.0. The third kappa shape index (κ3) is 4.13. The molecule has 2 aromatic carbocycles. The average Bonchev–Trinajstić information content (AvgIpc) is 3.01. The highest BCUT2D eigenvalue weighted by molar-refractivity contribution is 6.23. The predicted molar refractivity (Wildman–Crippen MR) is 111 cm³/mol. The Kier molecular flexibility index (Phi) is 5.68. The third-order valence-electron chi connectivity index (χ3n) is 5.24. The van der Waals surface area contributed by atoms with Crippen LogP contribution in [0.4, 0.5) is 5.69 Å². The van der Waals surface area contributed by atoms with Crippen LogP contribution in [0.3, 0.4) is 0 Å². The number of nitrogens with one attached hydrogen (secondary N) is 2. The highest BCUT2D eigenvalue weighted by Crippen LogP contribution is 2.28. The van der Waals surface area contributed by atoms with Crippen molar-refractivity contribution in [2.24, 2.45) is 5.73 Å². The third-order valence-corrected chi connectivity index (χ3v) is 5.24. The van der Waals surface area contributed by atoms with Crippen molar-refractivity contribution >= 4 is 29.3 Å². The normalized spacial score (nSPS) is 18.1. The molecule has 1 fully saturated rings. The minimum Gasteiger partial charge on any atom is -0.492 e. The molecule has 1 unspecified atom stereocenters. The molecule has 0 bridgehead atoms. The van der Waals surface area contributed by atoms with Gasteiger partial charge in [0.05, 0.1) is 11.1 Å². The Hall–Kier alpha value is -3.72. The maximum Gasteiger partial charge on any atom is 0.262 e. The quantitative estimate of drug-likeness (QED) is 0.568. The van der Waals surface area contributed by atoms with Gasteiger partial charge in [-0.25, -0.2) is 0 Å². The van der Waals surface area contributed by atoms with Crippen molar-refractivity contribution in [1.82, 2.24) is 10.2 Å². The Bertz CT molecular complexity index is 1050. The highest BCUT2D eigenvalue weighted by Gasteiger charge is 2.44. The Morgan fingerprint density at radius 2 is 1.77 bits per heavy atom. The van der Waals surface area contributed by atoms with Gasteiger partial charge < -0.3 is 15.8 Å². The van der Waals surface area contributed by atoms with Gasteiger partial charge in [0.2, 0.25) is 11.8 Å². The summed E-state index contributed by atoms with van der Waals surface area (Å²) in [6.45, 7) is 1.33. The SMILES string of the molecule is NCCOc1ccc(NCc2ccc3c(c2)C(=O)N(C2CCC(=O)NC2=O)C3=O)cc1. The molecule has 31 heavy (non-hydrogen) atoms. The van der Waals surface area contributed by atoms with E-state index in [9.17, 15) is 19.2 Å². The topological polar surface area (TPSA) is 131 Å². The summed E-state index contributed by atoms with van der Waals surface area (Å²) in [6.07, 6.45) is 0.227. The molecule has 1 saturated heterocycles. The molecule has 9 heteroatoms. The van der Waals surface area contributed by atoms with Gasteiger partial charge in [-0.1, -0.05) is 6.07 Å². The van der Waals surface area contributed by atoms with Gasteiger partial charge >= 0.3 is 0 Å². The van der Waals surface area contributed by atoms with Gasteiger partial charge in [-0.05, 0) is 48.4 Å². The largest absolute Gasteiger partial charge is 0.492 e. The first-order valence-corrected chi connectivity index (χ1v) is 9.99. The number of hydrogen-bond acceptors (Lipinski definition) is 7. The van der Waals surface area contributed by atoms with Crippen LogP contribution in [0.1, 0.15) is 39.1 Å².